The van der Waals surface area contributed by atoms with E-state index in [0.717, 1.165) is 0 Å². The summed E-state index contributed by atoms with van der Waals surface area (Å²) in [6.45, 7) is 17.2. The van der Waals surface area contributed by atoms with Crippen molar-refractivity contribution in [3.8, 4) is 0 Å². The molecule has 1 aliphatic heterocycles. The lowest BCUT2D eigenvalue weighted by molar-refractivity contribution is -0.148. The van der Waals surface area contributed by atoms with Crippen molar-refractivity contribution < 1.29 is 23.4 Å². The van der Waals surface area contributed by atoms with Gasteiger partial charge in [0, 0.05) is 6.08 Å². The summed E-state index contributed by atoms with van der Waals surface area (Å²) < 4.78 is 22.5. The van der Waals surface area contributed by atoms with Crippen LogP contribution in [-0.2, 0) is 23.4 Å². The summed E-state index contributed by atoms with van der Waals surface area (Å²) >= 11 is 0. The number of rotatable bonds is 5. The Morgan fingerprint density at radius 2 is 1.78 bits per heavy atom. The third-order valence-corrected chi connectivity index (χ3v) is 8.65. The fourth-order valence-electron chi connectivity index (χ4n) is 1.75. The summed E-state index contributed by atoms with van der Waals surface area (Å²) in [5, 5.41) is 0.147. The summed E-state index contributed by atoms with van der Waals surface area (Å²) in [6.07, 6.45) is 2.63. The van der Waals surface area contributed by atoms with E-state index in [2.05, 4.69) is 33.9 Å². The van der Waals surface area contributed by atoms with Gasteiger partial charge in [-0.25, -0.2) is 4.79 Å². The van der Waals surface area contributed by atoms with Crippen LogP contribution < -0.4 is 0 Å². The number of ether oxygens (including phenoxy) is 3. The molecule has 0 aliphatic carbocycles. The lowest BCUT2D eigenvalue weighted by Gasteiger charge is -2.37. The van der Waals surface area contributed by atoms with Crippen molar-refractivity contribution in [1.82, 2.24) is 0 Å². The van der Waals surface area contributed by atoms with Gasteiger partial charge in [0.05, 0.1) is 6.61 Å². The average molecular weight is 345 g/mol. The van der Waals surface area contributed by atoms with Crippen LogP contribution in [0.1, 0.15) is 41.5 Å². The van der Waals surface area contributed by atoms with Crippen LogP contribution in [-0.4, -0.2) is 45.5 Å². The molecular weight excluding hydrogens is 312 g/mol. The summed E-state index contributed by atoms with van der Waals surface area (Å²) in [4.78, 5) is 11.7. The highest BCUT2D eigenvalue weighted by Crippen LogP contribution is 2.37. The molecule has 2 atom stereocenters. The number of esters is 1. The highest BCUT2D eigenvalue weighted by atomic mass is 28.4. The maximum Gasteiger partial charge on any atom is 0.331 e. The number of carbonyl (C=O) groups is 1. The van der Waals surface area contributed by atoms with Gasteiger partial charge in [0.25, 0.3) is 0 Å². The summed E-state index contributed by atoms with van der Waals surface area (Å²) in [6, 6.07) is 0. The molecule has 1 saturated heterocycles. The number of hydrogen-bond donors (Lipinski definition) is 0. The quantitative estimate of drug-likeness (QED) is 0.433. The maximum atomic E-state index is 11.7. The zero-order chi connectivity index (χ0) is 17.9. The summed E-state index contributed by atoms with van der Waals surface area (Å²) in [5.41, 5.74) is -0.501. The Morgan fingerprint density at radius 3 is 2.30 bits per heavy atom. The van der Waals surface area contributed by atoms with Crippen molar-refractivity contribution in [1.29, 1.82) is 0 Å². The van der Waals surface area contributed by atoms with E-state index in [1.54, 1.807) is 6.08 Å². The number of carbonyl (C=O) groups excluding carboxylic acids is 1. The Kier molecular flexibility index (Phi) is 6.61. The normalized spacial score (nSPS) is 23.5. The molecule has 0 radical (unpaired) electrons. The maximum absolute atomic E-state index is 11.7. The van der Waals surface area contributed by atoms with E-state index in [0.29, 0.717) is 6.61 Å². The van der Waals surface area contributed by atoms with E-state index >= 15 is 0 Å². The van der Waals surface area contributed by atoms with Gasteiger partial charge in [-0.15, -0.1) is 0 Å². The van der Waals surface area contributed by atoms with E-state index < -0.39 is 13.9 Å². The summed E-state index contributed by atoms with van der Waals surface area (Å²) in [7, 11) is -1.83. The predicted molar refractivity (Wildman–Crippen MR) is 92.7 cm³/mol. The molecule has 0 amide bonds. The second-order valence-electron chi connectivity index (χ2n) is 8.42. The lowest BCUT2D eigenvalue weighted by atomic mass is 10.2. The van der Waals surface area contributed by atoms with Crippen LogP contribution in [0.25, 0.3) is 0 Å². The molecule has 0 spiro atoms. The highest BCUT2D eigenvalue weighted by Gasteiger charge is 2.39. The molecule has 0 aromatic rings. The molecule has 23 heavy (non-hydrogen) atoms. The zero-order valence-electron chi connectivity index (χ0n) is 15.8. The first-order valence-electron chi connectivity index (χ1n) is 8.10. The van der Waals surface area contributed by atoms with Gasteiger partial charge in [-0.3, -0.25) is 0 Å². The molecule has 0 N–H and O–H groups in total. The van der Waals surface area contributed by atoms with Gasteiger partial charge in [0.1, 0.15) is 24.6 Å². The van der Waals surface area contributed by atoms with E-state index in [1.165, 1.54) is 6.08 Å². The number of hydrogen-bond acceptors (Lipinski definition) is 5. The van der Waals surface area contributed by atoms with Crippen molar-refractivity contribution in [2.45, 2.75) is 77.5 Å². The first-order valence-corrected chi connectivity index (χ1v) is 11.0. The largest absolute Gasteiger partial charge is 0.457 e. The van der Waals surface area contributed by atoms with Crippen LogP contribution in [0.4, 0.5) is 0 Å². The molecule has 134 valence electrons. The van der Waals surface area contributed by atoms with Gasteiger partial charge in [-0.1, -0.05) is 20.8 Å². The van der Waals surface area contributed by atoms with E-state index in [4.69, 9.17) is 18.6 Å². The van der Waals surface area contributed by atoms with Crippen LogP contribution >= 0.6 is 0 Å². The van der Waals surface area contributed by atoms with Crippen molar-refractivity contribution >= 4 is 14.3 Å². The first-order chi connectivity index (χ1) is 10.3. The Labute approximate surface area is 141 Å². The standard InChI is InChI=1S/C17H32O5Si/c1-16(2,3)22-15(18)10-9-13-14(20-12-19-13)11-21-23(7,8)17(4,5)6/h9-10,13-14H,11-12H2,1-8H3/b10-9+/t13-,14+/m1/s1. The van der Waals surface area contributed by atoms with Crippen LogP contribution in [0, 0.1) is 0 Å². The van der Waals surface area contributed by atoms with Crippen LogP contribution in [0.15, 0.2) is 12.2 Å². The third-order valence-electron chi connectivity index (χ3n) is 4.15. The van der Waals surface area contributed by atoms with E-state index in [9.17, 15) is 4.79 Å². The van der Waals surface area contributed by atoms with Gasteiger partial charge in [-0.05, 0) is 45.0 Å². The van der Waals surface area contributed by atoms with Crippen LogP contribution in [0.3, 0.4) is 0 Å². The molecule has 0 saturated carbocycles. The molecule has 0 aromatic carbocycles. The minimum atomic E-state index is -1.83. The fourth-order valence-corrected chi connectivity index (χ4v) is 2.76. The summed E-state index contributed by atoms with van der Waals surface area (Å²) in [5.74, 6) is -0.378. The van der Waals surface area contributed by atoms with Crippen LogP contribution in [0.5, 0.6) is 0 Å². The predicted octanol–water partition coefficient (Wildman–Crippen LogP) is 3.65. The Balaban J connectivity index is 2.56. The molecule has 1 rings (SSSR count). The van der Waals surface area contributed by atoms with Crippen molar-refractivity contribution in [2.24, 2.45) is 0 Å². The average Bonchev–Trinajstić information content (AvgIpc) is 2.78. The topological polar surface area (TPSA) is 54.0 Å². The molecule has 1 aliphatic rings. The van der Waals surface area contributed by atoms with Gasteiger partial charge >= 0.3 is 5.97 Å². The van der Waals surface area contributed by atoms with Crippen molar-refractivity contribution in [3.05, 3.63) is 12.2 Å². The molecule has 0 unspecified atom stereocenters. The monoisotopic (exact) mass is 344 g/mol. The minimum absolute atomic E-state index is 0.147. The van der Waals surface area contributed by atoms with Gasteiger partial charge in [0.2, 0.25) is 0 Å². The van der Waals surface area contributed by atoms with Gasteiger partial charge in [-0.2, -0.15) is 0 Å². The molecule has 1 fully saturated rings. The molecule has 1 heterocycles. The second kappa shape index (κ2) is 7.47. The van der Waals surface area contributed by atoms with E-state index in [-0.39, 0.29) is 30.0 Å². The van der Waals surface area contributed by atoms with E-state index in [1.807, 2.05) is 20.8 Å². The highest BCUT2D eigenvalue weighted by molar-refractivity contribution is 6.74. The lowest BCUT2D eigenvalue weighted by Crippen LogP contribution is -2.43. The molecule has 0 bridgehead atoms. The molecule has 0 aromatic heterocycles. The van der Waals surface area contributed by atoms with Crippen molar-refractivity contribution in [2.75, 3.05) is 13.4 Å². The Bertz CT molecular complexity index is 431. The zero-order valence-corrected chi connectivity index (χ0v) is 16.8. The van der Waals surface area contributed by atoms with Crippen LogP contribution in [0.2, 0.25) is 18.1 Å². The van der Waals surface area contributed by atoms with Crippen molar-refractivity contribution in [3.63, 3.8) is 0 Å². The Hall–Kier alpha value is -0.693. The molecule has 5 nitrogen and oxygen atoms in total. The first kappa shape index (κ1) is 20.4. The smallest absolute Gasteiger partial charge is 0.331 e. The Morgan fingerprint density at radius 1 is 1.17 bits per heavy atom. The SMILES string of the molecule is CC(C)(C)OC(=O)/C=C/[C@H]1OCO[C@H]1CO[Si](C)(C)C(C)(C)C. The second-order valence-corrected chi connectivity index (χ2v) is 13.2. The molecular formula is C17H32O5Si. The minimum Gasteiger partial charge on any atom is -0.457 e. The third kappa shape index (κ3) is 6.75. The molecule has 6 heteroatoms. The van der Waals surface area contributed by atoms with Gasteiger partial charge in [0.15, 0.2) is 8.32 Å². The fraction of sp³-hybridized carbons (Fsp3) is 0.824. The van der Waals surface area contributed by atoms with Gasteiger partial charge < -0.3 is 18.6 Å².